The van der Waals surface area contributed by atoms with Crippen LogP contribution in [0, 0.1) is 6.92 Å². The van der Waals surface area contributed by atoms with Gasteiger partial charge in [0.1, 0.15) is 0 Å². The molecule has 2 heterocycles. The van der Waals surface area contributed by atoms with Gasteiger partial charge in [-0.05, 0) is 60.1 Å². The summed E-state index contributed by atoms with van der Waals surface area (Å²) in [5.74, 6) is 1.78. The molecule has 5 heteroatoms. The van der Waals surface area contributed by atoms with Crippen molar-refractivity contribution < 1.29 is 0 Å². The summed E-state index contributed by atoms with van der Waals surface area (Å²) in [5.41, 5.74) is 2.97. The molecule has 0 radical (unpaired) electrons. The minimum Gasteiger partial charge on any atom is -0.311 e. The number of aryl methyl sites for hydroxylation is 3. The summed E-state index contributed by atoms with van der Waals surface area (Å²) in [5, 5.41) is 15.8. The van der Waals surface area contributed by atoms with E-state index in [1.54, 1.807) is 0 Å². The Morgan fingerprint density at radius 1 is 1.14 bits per heavy atom. The lowest BCUT2D eigenvalue weighted by Crippen LogP contribution is -2.45. The van der Waals surface area contributed by atoms with Gasteiger partial charge in [0.25, 0.3) is 0 Å². The van der Waals surface area contributed by atoms with Crippen molar-refractivity contribution in [2.24, 2.45) is 0 Å². The van der Waals surface area contributed by atoms with E-state index in [2.05, 4.69) is 52.0 Å². The molecule has 116 valence electrons. The lowest BCUT2D eigenvalue weighted by molar-refractivity contribution is 0.252. The highest BCUT2D eigenvalue weighted by Crippen LogP contribution is 2.38. The van der Waals surface area contributed by atoms with Crippen molar-refractivity contribution in [2.45, 2.75) is 63.6 Å². The topological polar surface area (TPSA) is 55.6 Å². The Labute approximate surface area is 131 Å². The molecule has 1 N–H and O–H groups in total. The molecule has 2 aliphatic rings. The molecule has 22 heavy (non-hydrogen) atoms. The number of rotatable bonds is 3. The molecule has 0 bridgehead atoms. The van der Waals surface area contributed by atoms with E-state index in [0.29, 0.717) is 12.1 Å². The lowest BCUT2D eigenvalue weighted by Gasteiger charge is -2.39. The van der Waals surface area contributed by atoms with E-state index >= 15 is 0 Å². The maximum Gasteiger partial charge on any atom is 0.151 e. The van der Waals surface area contributed by atoms with Gasteiger partial charge < -0.3 is 5.32 Å². The van der Waals surface area contributed by atoms with Crippen molar-refractivity contribution in [3.63, 3.8) is 0 Å². The highest BCUT2D eigenvalue weighted by Gasteiger charge is 2.32. The van der Waals surface area contributed by atoms with Crippen LogP contribution in [0.1, 0.15) is 48.6 Å². The van der Waals surface area contributed by atoms with Crippen LogP contribution in [-0.2, 0) is 13.0 Å². The number of tetrazole rings is 1. The zero-order valence-electron chi connectivity index (χ0n) is 13.1. The first kappa shape index (κ1) is 13.9. The fourth-order valence-corrected chi connectivity index (χ4v) is 3.85. The quantitative estimate of drug-likeness (QED) is 0.944. The van der Waals surface area contributed by atoms with Gasteiger partial charge in [-0.1, -0.05) is 24.3 Å². The summed E-state index contributed by atoms with van der Waals surface area (Å²) < 4.78 is 1.96. The average Bonchev–Trinajstić information content (AvgIpc) is 2.85. The summed E-state index contributed by atoms with van der Waals surface area (Å²) in [6.45, 7) is 3.16. The molecule has 1 aliphatic carbocycles. The van der Waals surface area contributed by atoms with Crippen molar-refractivity contribution in [3.8, 4) is 0 Å². The van der Waals surface area contributed by atoms with Gasteiger partial charge in [0.2, 0.25) is 0 Å². The fourth-order valence-electron chi connectivity index (χ4n) is 3.85. The smallest absolute Gasteiger partial charge is 0.151 e. The van der Waals surface area contributed by atoms with Crippen LogP contribution in [0.25, 0.3) is 0 Å². The van der Waals surface area contributed by atoms with Crippen molar-refractivity contribution in [1.82, 2.24) is 25.5 Å². The maximum absolute atomic E-state index is 4.10. The first-order chi connectivity index (χ1) is 10.8. The number of nitrogens with one attached hydrogen (secondary N) is 1. The van der Waals surface area contributed by atoms with Crippen LogP contribution in [0.4, 0.5) is 0 Å². The molecule has 5 nitrogen and oxygen atoms in total. The van der Waals surface area contributed by atoms with Crippen LogP contribution in [0.3, 0.4) is 0 Å². The van der Waals surface area contributed by atoms with Crippen LogP contribution in [0.5, 0.6) is 0 Å². The van der Waals surface area contributed by atoms with Crippen molar-refractivity contribution >= 4 is 0 Å². The second kappa shape index (κ2) is 5.80. The molecule has 1 aromatic heterocycles. The Bertz CT molecular complexity index is 622. The van der Waals surface area contributed by atoms with Crippen molar-refractivity contribution in [2.75, 3.05) is 0 Å². The van der Waals surface area contributed by atoms with E-state index in [1.807, 2.05) is 4.68 Å². The van der Waals surface area contributed by atoms with E-state index in [9.17, 15) is 0 Å². The average molecular weight is 297 g/mol. The third-order valence-electron chi connectivity index (χ3n) is 5.25. The number of fused-ring (bicyclic) bond motifs is 1. The van der Waals surface area contributed by atoms with Gasteiger partial charge in [-0.2, -0.15) is 0 Å². The van der Waals surface area contributed by atoms with E-state index in [0.717, 1.165) is 37.5 Å². The third-order valence-corrected chi connectivity index (χ3v) is 5.25. The zero-order chi connectivity index (χ0) is 14.9. The molecule has 1 atom stereocenters. The summed E-state index contributed by atoms with van der Waals surface area (Å²) >= 11 is 0. The normalized spacial score (nSPS) is 27.8. The summed E-state index contributed by atoms with van der Waals surface area (Å²) in [6, 6.07) is 10.1. The second-order valence-corrected chi connectivity index (χ2v) is 6.73. The minimum absolute atomic E-state index is 0.589. The van der Waals surface area contributed by atoms with E-state index in [-0.39, 0.29) is 0 Å². The second-order valence-electron chi connectivity index (χ2n) is 6.73. The van der Waals surface area contributed by atoms with E-state index < -0.39 is 0 Å². The Morgan fingerprint density at radius 3 is 2.86 bits per heavy atom. The van der Waals surface area contributed by atoms with Gasteiger partial charge in [-0.3, -0.25) is 0 Å². The molecule has 0 saturated heterocycles. The van der Waals surface area contributed by atoms with Crippen LogP contribution in [0.15, 0.2) is 24.3 Å². The molecular weight excluding hydrogens is 274 g/mol. The molecule has 1 aromatic carbocycles. The predicted octanol–water partition coefficient (Wildman–Crippen LogP) is 2.22. The molecule has 0 spiro atoms. The van der Waals surface area contributed by atoms with Crippen molar-refractivity contribution in [3.05, 3.63) is 41.2 Å². The number of hydrogen-bond acceptors (Lipinski definition) is 4. The molecule has 2 aromatic rings. The van der Waals surface area contributed by atoms with Crippen LogP contribution >= 0.6 is 0 Å². The van der Waals surface area contributed by atoms with E-state index in [4.69, 9.17) is 0 Å². The standard InChI is InChI=1S/C17H23N5/c1-12-4-2-3-5-16(12)13-10-15(11-13)18-14-6-7-17-19-20-21-22(17)9-8-14/h2-5,13-15,18H,6-11H2,1H3. The number of benzene rings is 1. The van der Waals surface area contributed by atoms with Gasteiger partial charge in [0, 0.05) is 25.0 Å². The monoisotopic (exact) mass is 297 g/mol. The molecule has 1 fully saturated rings. The van der Waals surface area contributed by atoms with Gasteiger partial charge >= 0.3 is 0 Å². The Hall–Kier alpha value is -1.75. The third kappa shape index (κ3) is 2.65. The summed E-state index contributed by atoms with van der Waals surface area (Å²) in [4.78, 5) is 0. The number of nitrogens with zero attached hydrogens (tertiary/aromatic N) is 4. The van der Waals surface area contributed by atoms with Gasteiger partial charge in [-0.15, -0.1) is 5.10 Å². The summed E-state index contributed by atoms with van der Waals surface area (Å²) in [7, 11) is 0. The number of hydrogen-bond donors (Lipinski definition) is 1. The Morgan fingerprint density at radius 2 is 2.00 bits per heavy atom. The van der Waals surface area contributed by atoms with Gasteiger partial charge in [0.15, 0.2) is 5.82 Å². The Kier molecular flexibility index (Phi) is 3.66. The minimum atomic E-state index is 0.589. The zero-order valence-corrected chi connectivity index (χ0v) is 13.1. The highest BCUT2D eigenvalue weighted by atomic mass is 15.5. The van der Waals surface area contributed by atoms with Crippen molar-refractivity contribution in [1.29, 1.82) is 0 Å². The molecule has 1 aliphatic heterocycles. The summed E-state index contributed by atoms with van der Waals surface area (Å²) in [6.07, 6.45) is 5.80. The van der Waals surface area contributed by atoms with Crippen LogP contribution in [0.2, 0.25) is 0 Å². The number of aromatic nitrogens is 4. The maximum atomic E-state index is 4.10. The predicted molar refractivity (Wildman–Crippen MR) is 84.6 cm³/mol. The fraction of sp³-hybridized carbons (Fsp3) is 0.588. The van der Waals surface area contributed by atoms with E-state index in [1.165, 1.54) is 24.0 Å². The first-order valence-electron chi connectivity index (χ1n) is 8.36. The molecule has 0 amide bonds. The SMILES string of the molecule is Cc1ccccc1C1CC(NC2CCc3nnnn3CC2)C1. The molecule has 4 rings (SSSR count). The largest absolute Gasteiger partial charge is 0.311 e. The van der Waals surface area contributed by atoms with Crippen LogP contribution in [-0.4, -0.2) is 32.3 Å². The lowest BCUT2D eigenvalue weighted by atomic mass is 9.74. The van der Waals surface area contributed by atoms with Gasteiger partial charge in [0.05, 0.1) is 0 Å². The molecule has 1 unspecified atom stereocenters. The highest BCUT2D eigenvalue weighted by molar-refractivity contribution is 5.31. The first-order valence-corrected chi connectivity index (χ1v) is 8.36. The van der Waals surface area contributed by atoms with Gasteiger partial charge in [-0.25, -0.2) is 4.68 Å². The Balaban J connectivity index is 1.30. The van der Waals surface area contributed by atoms with Crippen LogP contribution < -0.4 is 5.32 Å². The molecular formula is C17H23N5. The molecule has 1 saturated carbocycles.